The van der Waals surface area contributed by atoms with Gasteiger partial charge in [0.2, 0.25) is 0 Å². The molecule has 3 rings (SSSR count). The zero-order chi connectivity index (χ0) is 15.1. The molecular formula is C17H22FNO2. The maximum atomic E-state index is 13.2. The molecule has 0 radical (unpaired) electrons. The van der Waals surface area contributed by atoms with Gasteiger partial charge >= 0.3 is 0 Å². The van der Waals surface area contributed by atoms with E-state index in [1.807, 2.05) is 14.0 Å². The first-order valence-corrected chi connectivity index (χ1v) is 7.71. The lowest BCUT2D eigenvalue weighted by Gasteiger charge is -2.42. The molecule has 114 valence electrons. The van der Waals surface area contributed by atoms with Crippen molar-refractivity contribution in [1.29, 1.82) is 0 Å². The van der Waals surface area contributed by atoms with Crippen LogP contribution in [-0.2, 0) is 4.79 Å². The van der Waals surface area contributed by atoms with E-state index in [9.17, 15) is 14.3 Å². The van der Waals surface area contributed by atoms with Gasteiger partial charge in [0.15, 0.2) is 0 Å². The van der Waals surface area contributed by atoms with Gasteiger partial charge in [-0.15, -0.1) is 0 Å². The summed E-state index contributed by atoms with van der Waals surface area (Å²) in [4.78, 5) is 14.7. The zero-order valence-electron chi connectivity index (χ0n) is 12.5. The molecule has 2 bridgehead atoms. The van der Waals surface area contributed by atoms with E-state index < -0.39 is 6.10 Å². The van der Waals surface area contributed by atoms with Crippen molar-refractivity contribution in [2.24, 2.45) is 5.92 Å². The van der Waals surface area contributed by atoms with Crippen LogP contribution in [-0.4, -0.2) is 41.0 Å². The summed E-state index contributed by atoms with van der Waals surface area (Å²) in [5.41, 5.74) is 1.01. The molecule has 1 N–H and O–H groups in total. The molecule has 5 atom stereocenters. The molecule has 2 heterocycles. The number of hydrogen-bond donors (Lipinski definition) is 1. The number of benzene rings is 1. The number of fused-ring (bicyclic) bond motifs is 2. The number of halogens is 1. The maximum absolute atomic E-state index is 13.2. The van der Waals surface area contributed by atoms with Crippen molar-refractivity contribution >= 4 is 5.78 Å². The first-order chi connectivity index (χ1) is 10.0. The number of carbonyl (C=O) groups excluding carboxylic acids is 1. The van der Waals surface area contributed by atoms with Crippen LogP contribution in [0.15, 0.2) is 24.3 Å². The summed E-state index contributed by atoms with van der Waals surface area (Å²) in [6.07, 6.45) is 1.62. The Labute approximate surface area is 124 Å². The highest BCUT2D eigenvalue weighted by Crippen LogP contribution is 2.46. The third-order valence-corrected chi connectivity index (χ3v) is 5.30. The van der Waals surface area contributed by atoms with Gasteiger partial charge in [0, 0.05) is 24.4 Å². The number of nitrogens with zero attached hydrogens (tertiary/aromatic N) is 1. The number of rotatable bonds is 3. The minimum Gasteiger partial charge on any atom is -0.391 e. The van der Waals surface area contributed by atoms with E-state index in [2.05, 4.69) is 4.90 Å². The van der Waals surface area contributed by atoms with Gasteiger partial charge in [0.1, 0.15) is 11.6 Å². The lowest BCUT2D eigenvalue weighted by molar-refractivity contribution is -0.128. The van der Waals surface area contributed by atoms with E-state index in [1.165, 1.54) is 12.1 Å². The Hall–Kier alpha value is -1.26. The van der Waals surface area contributed by atoms with Crippen LogP contribution in [0.1, 0.15) is 37.7 Å². The molecule has 2 aliphatic rings. The number of ketones is 1. The van der Waals surface area contributed by atoms with Crippen LogP contribution in [0.4, 0.5) is 4.39 Å². The predicted octanol–water partition coefficient (Wildman–Crippen LogP) is 2.34. The van der Waals surface area contributed by atoms with Gasteiger partial charge in [-0.05, 0) is 43.5 Å². The topological polar surface area (TPSA) is 40.5 Å². The minimum absolute atomic E-state index is 0.0846. The Bertz CT molecular complexity index is 530. The van der Waals surface area contributed by atoms with Gasteiger partial charge in [-0.1, -0.05) is 19.1 Å². The third-order valence-electron chi connectivity index (χ3n) is 5.30. The fourth-order valence-electron chi connectivity index (χ4n) is 4.24. The van der Waals surface area contributed by atoms with Crippen molar-refractivity contribution in [3.05, 3.63) is 35.6 Å². The van der Waals surface area contributed by atoms with Crippen molar-refractivity contribution in [2.45, 2.75) is 50.3 Å². The normalized spacial score (nSPS) is 35.9. The SMILES string of the molecule is CCC(=O)[C@H]1[C@@H](c2ccc(F)cc2)CC2CC(O)[C@@H]1N2C. The first kappa shape index (κ1) is 14.7. The monoisotopic (exact) mass is 291 g/mol. The summed E-state index contributed by atoms with van der Waals surface area (Å²) in [6, 6.07) is 6.69. The molecular weight excluding hydrogens is 269 g/mol. The summed E-state index contributed by atoms with van der Waals surface area (Å²) in [5, 5.41) is 10.3. The zero-order valence-corrected chi connectivity index (χ0v) is 12.5. The van der Waals surface area contributed by atoms with Crippen LogP contribution >= 0.6 is 0 Å². The highest BCUT2D eigenvalue weighted by Gasteiger charge is 2.52. The Morgan fingerprint density at radius 2 is 2.00 bits per heavy atom. The average molecular weight is 291 g/mol. The quantitative estimate of drug-likeness (QED) is 0.929. The van der Waals surface area contributed by atoms with E-state index in [-0.39, 0.29) is 29.5 Å². The average Bonchev–Trinajstić information content (AvgIpc) is 2.66. The minimum atomic E-state index is -0.439. The molecule has 1 aromatic rings. The van der Waals surface area contributed by atoms with E-state index >= 15 is 0 Å². The van der Waals surface area contributed by atoms with Crippen LogP contribution in [0.3, 0.4) is 0 Å². The Kier molecular flexibility index (Phi) is 3.84. The number of Topliss-reactive ketones (excluding diaryl/α,β-unsaturated/α-hetero) is 1. The first-order valence-electron chi connectivity index (χ1n) is 7.71. The molecule has 21 heavy (non-hydrogen) atoms. The number of hydrogen-bond acceptors (Lipinski definition) is 3. The Morgan fingerprint density at radius 1 is 1.33 bits per heavy atom. The largest absolute Gasteiger partial charge is 0.391 e. The van der Waals surface area contributed by atoms with E-state index in [4.69, 9.17) is 0 Å². The van der Waals surface area contributed by atoms with Crippen LogP contribution in [0.25, 0.3) is 0 Å². The standard InChI is InChI=1S/C17H22FNO2/c1-3-14(20)16-13(10-4-6-11(18)7-5-10)8-12-9-15(21)17(16)19(12)2/h4-7,12-13,15-17,21H,3,8-9H2,1-2H3/t12?,13-,15?,16-,17+/m1/s1. The van der Waals surface area contributed by atoms with Gasteiger partial charge in [-0.25, -0.2) is 4.39 Å². The highest BCUT2D eigenvalue weighted by molar-refractivity contribution is 5.83. The number of piperidine rings is 1. The Morgan fingerprint density at radius 3 is 2.62 bits per heavy atom. The van der Waals surface area contributed by atoms with Crippen LogP contribution < -0.4 is 0 Å². The molecule has 0 saturated carbocycles. The Balaban J connectivity index is 1.98. The van der Waals surface area contributed by atoms with Crippen molar-refractivity contribution in [3.8, 4) is 0 Å². The summed E-state index contributed by atoms with van der Waals surface area (Å²) >= 11 is 0. The highest BCUT2D eigenvalue weighted by atomic mass is 19.1. The van der Waals surface area contributed by atoms with Gasteiger partial charge in [-0.3, -0.25) is 9.69 Å². The second-order valence-corrected chi connectivity index (χ2v) is 6.35. The summed E-state index contributed by atoms with van der Waals surface area (Å²) < 4.78 is 13.2. The van der Waals surface area contributed by atoms with Crippen LogP contribution in [0, 0.1) is 11.7 Å². The molecule has 0 aromatic heterocycles. The maximum Gasteiger partial charge on any atom is 0.137 e. The van der Waals surface area contributed by atoms with Crippen molar-refractivity contribution < 1.29 is 14.3 Å². The third kappa shape index (κ3) is 2.40. The summed E-state index contributed by atoms with van der Waals surface area (Å²) in [6.45, 7) is 1.87. The molecule has 0 spiro atoms. The summed E-state index contributed by atoms with van der Waals surface area (Å²) in [5.74, 6) is -0.172. The second-order valence-electron chi connectivity index (χ2n) is 6.35. The van der Waals surface area contributed by atoms with Crippen molar-refractivity contribution in [3.63, 3.8) is 0 Å². The lowest BCUT2D eigenvalue weighted by Crippen LogP contribution is -2.51. The number of likely N-dealkylation sites (N-methyl/N-ethyl adjacent to an activating group) is 1. The van der Waals surface area contributed by atoms with E-state index in [1.54, 1.807) is 12.1 Å². The predicted molar refractivity (Wildman–Crippen MR) is 78.5 cm³/mol. The molecule has 4 heteroatoms. The van der Waals surface area contributed by atoms with Crippen molar-refractivity contribution in [2.75, 3.05) is 7.05 Å². The molecule has 2 unspecified atom stereocenters. The van der Waals surface area contributed by atoms with Gasteiger partial charge in [0.25, 0.3) is 0 Å². The molecule has 2 fully saturated rings. The van der Waals surface area contributed by atoms with Gasteiger partial charge < -0.3 is 5.11 Å². The van der Waals surface area contributed by atoms with Gasteiger partial charge in [-0.2, -0.15) is 0 Å². The smallest absolute Gasteiger partial charge is 0.137 e. The fraction of sp³-hybridized carbons (Fsp3) is 0.588. The lowest BCUT2D eigenvalue weighted by atomic mass is 9.73. The molecule has 2 saturated heterocycles. The second kappa shape index (κ2) is 5.50. The molecule has 1 aromatic carbocycles. The van der Waals surface area contributed by atoms with E-state index in [0.717, 1.165) is 18.4 Å². The number of aliphatic hydroxyl groups excluding tert-OH is 1. The van der Waals surface area contributed by atoms with Crippen molar-refractivity contribution in [1.82, 2.24) is 4.90 Å². The van der Waals surface area contributed by atoms with E-state index in [0.29, 0.717) is 12.5 Å². The number of aliphatic hydroxyl groups is 1. The van der Waals surface area contributed by atoms with Gasteiger partial charge in [0.05, 0.1) is 6.10 Å². The van der Waals surface area contributed by atoms with Crippen LogP contribution in [0.5, 0.6) is 0 Å². The fourth-order valence-corrected chi connectivity index (χ4v) is 4.24. The molecule has 2 aliphatic heterocycles. The number of carbonyl (C=O) groups is 1. The molecule has 0 aliphatic carbocycles. The van der Waals surface area contributed by atoms with Crippen LogP contribution in [0.2, 0.25) is 0 Å². The summed E-state index contributed by atoms with van der Waals surface area (Å²) in [7, 11) is 2.00. The molecule has 0 amide bonds. The molecule has 3 nitrogen and oxygen atoms in total.